The van der Waals surface area contributed by atoms with Crippen LogP contribution in [0.1, 0.15) is 22.8 Å². The Hall–Kier alpha value is -3.75. The summed E-state index contributed by atoms with van der Waals surface area (Å²) in [6.07, 6.45) is 0. The number of carbonyl (C=O) groups excluding carboxylic acids is 3. The number of rotatable bonds is 6. The summed E-state index contributed by atoms with van der Waals surface area (Å²) in [7, 11) is 2.91. The third-order valence-corrected chi connectivity index (χ3v) is 5.40. The van der Waals surface area contributed by atoms with E-state index in [4.69, 9.17) is 18.9 Å². The molecule has 1 saturated heterocycles. The summed E-state index contributed by atoms with van der Waals surface area (Å²) in [6.45, 7) is 2.00. The van der Waals surface area contributed by atoms with Gasteiger partial charge in [0.15, 0.2) is 17.3 Å². The normalized spacial score (nSPS) is 19.8. The van der Waals surface area contributed by atoms with Crippen molar-refractivity contribution in [1.82, 2.24) is 10.2 Å². The molecule has 1 unspecified atom stereocenters. The fourth-order valence-electron chi connectivity index (χ4n) is 3.65. The standard InChI is InChI=1S/C22H22N2O7/c1-22(13-4-6-18-19(10-13)31-9-8-30-18)20(26)24(21(27)23-22)12-16(25)15-11-14(28-2)5-7-17(15)29-3/h4-7,10-11H,8-9,12H2,1-3H3,(H,23,27). The summed E-state index contributed by atoms with van der Waals surface area (Å²) < 4.78 is 21.5. The van der Waals surface area contributed by atoms with E-state index >= 15 is 0 Å². The number of amides is 3. The van der Waals surface area contributed by atoms with E-state index in [2.05, 4.69) is 5.32 Å². The van der Waals surface area contributed by atoms with Crippen molar-refractivity contribution in [3.63, 3.8) is 0 Å². The molecule has 1 fully saturated rings. The van der Waals surface area contributed by atoms with Gasteiger partial charge in [-0.1, -0.05) is 6.07 Å². The van der Waals surface area contributed by atoms with E-state index in [0.29, 0.717) is 41.8 Å². The van der Waals surface area contributed by atoms with Crippen molar-refractivity contribution >= 4 is 17.7 Å². The molecule has 31 heavy (non-hydrogen) atoms. The molecule has 0 radical (unpaired) electrons. The van der Waals surface area contributed by atoms with Gasteiger partial charge in [0.25, 0.3) is 5.91 Å². The van der Waals surface area contributed by atoms with Crippen LogP contribution in [-0.4, -0.2) is 56.6 Å². The highest BCUT2D eigenvalue weighted by molar-refractivity contribution is 6.11. The highest BCUT2D eigenvalue weighted by Gasteiger charge is 2.50. The number of hydrogen-bond donors (Lipinski definition) is 1. The lowest BCUT2D eigenvalue weighted by Gasteiger charge is -2.25. The van der Waals surface area contributed by atoms with Gasteiger partial charge in [0.1, 0.15) is 30.3 Å². The highest BCUT2D eigenvalue weighted by Crippen LogP contribution is 2.37. The van der Waals surface area contributed by atoms with Crippen LogP contribution in [-0.2, 0) is 10.3 Å². The molecule has 2 aliphatic heterocycles. The molecule has 9 heteroatoms. The second kappa shape index (κ2) is 7.82. The monoisotopic (exact) mass is 426 g/mol. The van der Waals surface area contributed by atoms with Gasteiger partial charge in [-0.3, -0.25) is 14.5 Å². The lowest BCUT2D eigenvalue weighted by Crippen LogP contribution is -2.41. The van der Waals surface area contributed by atoms with Gasteiger partial charge >= 0.3 is 6.03 Å². The molecule has 0 saturated carbocycles. The third-order valence-electron chi connectivity index (χ3n) is 5.40. The molecular formula is C22H22N2O7. The van der Waals surface area contributed by atoms with Crippen molar-refractivity contribution in [1.29, 1.82) is 0 Å². The van der Waals surface area contributed by atoms with E-state index in [9.17, 15) is 14.4 Å². The number of nitrogens with zero attached hydrogens (tertiary/aromatic N) is 1. The first kappa shape index (κ1) is 20.5. The molecule has 0 aromatic heterocycles. The van der Waals surface area contributed by atoms with Gasteiger partial charge < -0.3 is 24.3 Å². The van der Waals surface area contributed by atoms with Gasteiger partial charge in [-0.25, -0.2) is 4.79 Å². The van der Waals surface area contributed by atoms with Crippen molar-refractivity contribution < 1.29 is 33.3 Å². The van der Waals surface area contributed by atoms with Crippen LogP contribution in [0.15, 0.2) is 36.4 Å². The molecular weight excluding hydrogens is 404 g/mol. The van der Waals surface area contributed by atoms with Gasteiger partial charge in [-0.2, -0.15) is 0 Å². The first-order valence-corrected chi connectivity index (χ1v) is 9.67. The van der Waals surface area contributed by atoms with Crippen molar-refractivity contribution in [3.05, 3.63) is 47.5 Å². The summed E-state index contributed by atoms with van der Waals surface area (Å²) in [5.41, 5.74) is -0.592. The smallest absolute Gasteiger partial charge is 0.325 e. The van der Waals surface area contributed by atoms with Crippen molar-refractivity contribution in [2.24, 2.45) is 0 Å². The number of Topliss-reactive ketones (excluding diaryl/α,β-unsaturated/α-hetero) is 1. The van der Waals surface area contributed by atoms with Crippen LogP contribution >= 0.6 is 0 Å². The van der Waals surface area contributed by atoms with Crippen LogP contribution in [0, 0.1) is 0 Å². The Morgan fingerprint density at radius 3 is 2.52 bits per heavy atom. The maximum atomic E-state index is 13.2. The predicted octanol–water partition coefficient (Wildman–Crippen LogP) is 2.12. The van der Waals surface area contributed by atoms with E-state index in [1.54, 1.807) is 37.3 Å². The Kier molecular flexibility index (Phi) is 5.18. The zero-order valence-corrected chi connectivity index (χ0v) is 17.4. The largest absolute Gasteiger partial charge is 0.497 e. The maximum Gasteiger partial charge on any atom is 0.325 e. The number of urea groups is 1. The SMILES string of the molecule is COc1ccc(OC)c(C(=O)CN2C(=O)NC(C)(c3ccc4c(c3)OCCO4)C2=O)c1. The van der Waals surface area contributed by atoms with Crippen LogP contribution in [0.25, 0.3) is 0 Å². The average Bonchev–Trinajstić information content (AvgIpc) is 3.02. The first-order valence-electron chi connectivity index (χ1n) is 9.67. The fourth-order valence-corrected chi connectivity index (χ4v) is 3.65. The van der Waals surface area contributed by atoms with Crippen molar-refractivity contribution in [2.75, 3.05) is 34.0 Å². The molecule has 2 heterocycles. The number of imide groups is 1. The summed E-state index contributed by atoms with van der Waals surface area (Å²) in [6, 6.07) is 9.17. The van der Waals surface area contributed by atoms with E-state index in [1.165, 1.54) is 20.3 Å². The molecule has 4 rings (SSSR count). The number of hydrogen-bond acceptors (Lipinski definition) is 7. The fraction of sp³-hybridized carbons (Fsp3) is 0.318. The van der Waals surface area contributed by atoms with Crippen molar-refractivity contribution in [3.8, 4) is 23.0 Å². The van der Waals surface area contributed by atoms with Crippen molar-refractivity contribution in [2.45, 2.75) is 12.5 Å². The Balaban J connectivity index is 1.60. The van der Waals surface area contributed by atoms with Crippen LogP contribution < -0.4 is 24.3 Å². The maximum absolute atomic E-state index is 13.2. The Labute approximate surface area is 178 Å². The molecule has 9 nitrogen and oxygen atoms in total. The zero-order valence-electron chi connectivity index (χ0n) is 17.4. The number of carbonyl (C=O) groups is 3. The molecule has 3 amide bonds. The van der Waals surface area contributed by atoms with E-state index in [0.717, 1.165) is 4.90 Å². The molecule has 2 aromatic carbocycles. The topological polar surface area (TPSA) is 103 Å². The predicted molar refractivity (Wildman–Crippen MR) is 109 cm³/mol. The number of ether oxygens (including phenoxy) is 4. The van der Waals surface area contributed by atoms with Gasteiger partial charge in [-0.05, 0) is 42.8 Å². The molecule has 1 atom stereocenters. The Bertz CT molecular complexity index is 1070. The summed E-state index contributed by atoms with van der Waals surface area (Å²) >= 11 is 0. The second-order valence-electron chi connectivity index (χ2n) is 7.29. The summed E-state index contributed by atoms with van der Waals surface area (Å²) in [5.74, 6) is 0.875. The quantitative estimate of drug-likeness (QED) is 0.557. The van der Waals surface area contributed by atoms with E-state index < -0.39 is 29.8 Å². The highest BCUT2D eigenvalue weighted by atomic mass is 16.6. The van der Waals surface area contributed by atoms with E-state index in [-0.39, 0.29) is 5.56 Å². The van der Waals surface area contributed by atoms with Gasteiger partial charge in [0, 0.05) is 0 Å². The van der Waals surface area contributed by atoms with E-state index in [1.807, 2.05) is 0 Å². The van der Waals surface area contributed by atoms with Crippen LogP contribution in [0.5, 0.6) is 23.0 Å². The average molecular weight is 426 g/mol. The third kappa shape index (κ3) is 3.52. The van der Waals surface area contributed by atoms with Gasteiger partial charge in [-0.15, -0.1) is 0 Å². The number of methoxy groups -OCH3 is 2. The number of nitrogens with one attached hydrogen (secondary N) is 1. The van der Waals surface area contributed by atoms with Crippen LogP contribution in [0.3, 0.4) is 0 Å². The minimum Gasteiger partial charge on any atom is -0.497 e. The molecule has 162 valence electrons. The van der Waals surface area contributed by atoms with Crippen LogP contribution in [0.2, 0.25) is 0 Å². The number of ketones is 1. The Morgan fingerprint density at radius 1 is 1.06 bits per heavy atom. The first-order chi connectivity index (χ1) is 14.9. The zero-order chi connectivity index (χ0) is 22.2. The molecule has 2 aromatic rings. The summed E-state index contributed by atoms with van der Waals surface area (Å²) in [5, 5.41) is 2.69. The van der Waals surface area contributed by atoms with Crippen LogP contribution in [0.4, 0.5) is 4.79 Å². The number of fused-ring (bicyclic) bond motifs is 1. The van der Waals surface area contributed by atoms with Gasteiger partial charge in [0.05, 0.1) is 26.3 Å². The molecule has 1 N–H and O–H groups in total. The molecule has 0 bridgehead atoms. The second-order valence-corrected chi connectivity index (χ2v) is 7.29. The molecule has 2 aliphatic rings. The molecule has 0 aliphatic carbocycles. The van der Waals surface area contributed by atoms with Gasteiger partial charge in [0.2, 0.25) is 0 Å². The lowest BCUT2D eigenvalue weighted by atomic mass is 9.91. The Morgan fingerprint density at radius 2 is 1.81 bits per heavy atom. The minimum absolute atomic E-state index is 0.218. The summed E-state index contributed by atoms with van der Waals surface area (Å²) in [4.78, 5) is 39.7. The lowest BCUT2D eigenvalue weighted by molar-refractivity contribution is -0.130. The minimum atomic E-state index is -1.34. The number of benzene rings is 2. The molecule has 0 spiro atoms.